The lowest BCUT2D eigenvalue weighted by Gasteiger charge is -2.09. The summed E-state index contributed by atoms with van der Waals surface area (Å²) in [5.41, 5.74) is 3.41. The lowest BCUT2D eigenvalue weighted by molar-refractivity contribution is 0.340. The van der Waals surface area contributed by atoms with Gasteiger partial charge >= 0.3 is 0 Å². The van der Waals surface area contributed by atoms with Crippen molar-refractivity contribution in [3.05, 3.63) is 64.8 Å². The van der Waals surface area contributed by atoms with Crippen LogP contribution in [0.15, 0.2) is 59.2 Å². The second kappa shape index (κ2) is 7.53. The molecule has 0 saturated heterocycles. The molecule has 0 radical (unpaired) electrons. The summed E-state index contributed by atoms with van der Waals surface area (Å²) in [4.78, 5) is 4.49. The van der Waals surface area contributed by atoms with Crippen molar-refractivity contribution in [1.82, 2.24) is 9.55 Å². The molecule has 1 N–H and O–H groups in total. The lowest BCUT2D eigenvalue weighted by Crippen LogP contribution is -2.05. The molecule has 0 saturated carbocycles. The van der Waals surface area contributed by atoms with Gasteiger partial charge in [-0.15, -0.1) is 0 Å². The Morgan fingerprint density at radius 2 is 1.79 bits per heavy atom. The minimum Gasteiger partial charge on any atom is -0.494 e. The van der Waals surface area contributed by atoms with Crippen LogP contribution < -0.4 is 10.1 Å². The van der Waals surface area contributed by atoms with Gasteiger partial charge in [0.1, 0.15) is 5.75 Å². The van der Waals surface area contributed by atoms with Gasteiger partial charge in [-0.3, -0.25) is 0 Å². The molecule has 0 bridgehead atoms. The number of imidazole rings is 1. The number of halogens is 1. The van der Waals surface area contributed by atoms with Crippen LogP contribution in [-0.4, -0.2) is 16.2 Å². The highest BCUT2D eigenvalue weighted by atomic mass is 79.9. The first kappa shape index (κ1) is 16.6. The van der Waals surface area contributed by atoms with E-state index in [1.165, 1.54) is 5.56 Å². The van der Waals surface area contributed by atoms with E-state index in [0.717, 1.165) is 34.0 Å². The van der Waals surface area contributed by atoms with E-state index < -0.39 is 0 Å². The quantitative estimate of drug-likeness (QED) is 0.658. The zero-order chi connectivity index (χ0) is 16.9. The van der Waals surface area contributed by atoms with Gasteiger partial charge in [0.25, 0.3) is 0 Å². The number of hydrogen-bond donors (Lipinski definition) is 1. The Bertz CT molecular complexity index is 794. The van der Waals surface area contributed by atoms with Crippen LogP contribution in [0.3, 0.4) is 0 Å². The number of ether oxygens (including phenoxy) is 1. The van der Waals surface area contributed by atoms with Crippen molar-refractivity contribution in [3.8, 4) is 17.0 Å². The van der Waals surface area contributed by atoms with Crippen LogP contribution in [0.5, 0.6) is 5.75 Å². The van der Waals surface area contributed by atoms with Gasteiger partial charge < -0.3 is 14.6 Å². The molecule has 0 atom stereocenters. The standard InChI is InChI=1S/C19H20BrN3O/c1-3-24-17-10-4-14(5-11-17)12-21-19-22-13-18(23(19)2)15-6-8-16(20)9-7-15/h4-11,13H,3,12H2,1-2H3,(H,21,22). The van der Waals surface area contributed by atoms with E-state index in [4.69, 9.17) is 4.74 Å². The fraction of sp³-hybridized carbons (Fsp3) is 0.211. The number of nitrogens with one attached hydrogen (secondary N) is 1. The highest BCUT2D eigenvalue weighted by Gasteiger charge is 2.08. The second-order valence-corrected chi connectivity index (χ2v) is 6.38. The van der Waals surface area contributed by atoms with Crippen molar-refractivity contribution in [2.24, 2.45) is 7.05 Å². The molecule has 0 spiro atoms. The molecule has 2 aromatic carbocycles. The predicted molar refractivity (Wildman–Crippen MR) is 101 cm³/mol. The van der Waals surface area contributed by atoms with Gasteiger partial charge in [-0.2, -0.15) is 0 Å². The van der Waals surface area contributed by atoms with Crippen LogP contribution in [0, 0.1) is 0 Å². The van der Waals surface area contributed by atoms with E-state index in [2.05, 4.69) is 55.1 Å². The summed E-state index contributed by atoms with van der Waals surface area (Å²) in [6, 6.07) is 16.4. The Kier molecular flexibility index (Phi) is 5.20. The topological polar surface area (TPSA) is 39.1 Å². The number of anilines is 1. The Hall–Kier alpha value is -2.27. The molecule has 3 rings (SSSR count). The summed E-state index contributed by atoms with van der Waals surface area (Å²) in [6.45, 7) is 3.39. The van der Waals surface area contributed by atoms with Crippen molar-refractivity contribution in [1.29, 1.82) is 0 Å². The minimum absolute atomic E-state index is 0.684. The summed E-state index contributed by atoms with van der Waals surface area (Å²) in [7, 11) is 2.02. The van der Waals surface area contributed by atoms with E-state index in [1.54, 1.807) is 0 Å². The van der Waals surface area contributed by atoms with Gasteiger partial charge in [-0.1, -0.05) is 40.2 Å². The first-order valence-electron chi connectivity index (χ1n) is 7.90. The Labute approximate surface area is 150 Å². The SMILES string of the molecule is CCOc1ccc(CNc2ncc(-c3ccc(Br)cc3)n2C)cc1. The van der Waals surface area contributed by atoms with Gasteiger partial charge in [0.05, 0.1) is 18.5 Å². The van der Waals surface area contributed by atoms with E-state index in [-0.39, 0.29) is 0 Å². The molecule has 3 aromatic rings. The number of benzene rings is 2. The highest BCUT2D eigenvalue weighted by molar-refractivity contribution is 9.10. The van der Waals surface area contributed by atoms with Crippen LogP contribution in [0.4, 0.5) is 5.95 Å². The smallest absolute Gasteiger partial charge is 0.203 e. The molecule has 0 aliphatic rings. The van der Waals surface area contributed by atoms with Crippen molar-refractivity contribution >= 4 is 21.9 Å². The summed E-state index contributed by atoms with van der Waals surface area (Å²) in [5.74, 6) is 1.75. The third-order valence-electron chi connectivity index (χ3n) is 3.81. The number of hydrogen-bond acceptors (Lipinski definition) is 3. The minimum atomic E-state index is 0.684. The van der Waals surface area contributed by atoms with Crippen LogP contribution in [0.1, 0.15) is 12.5 Å². The van der Waals surface area contributed by atoms with Crippen LogP contribution in [0.2, 0.25) is 0 Å². The maximum absolute atomic E-state index is 5.46. The monoisotopic (exact) mass is 385 g/mol. The number of aromatic nitrogens is 2. The zero-order valence-corrected chi connectivity index (χ0v) is 15.4. The van der Waals surface area contributed by atoms with Crippen molar-refractivity contribution in [3.63, 3.8) is 0 Å². The van der Waals surface area contributed by atoms with E-state index >= 15 is 0 Å². The molecule has 0 aliphatic carbocycles. The van der Waals surface area contributed by atoms with Crippen LogP contribution in [0.25, 0.3) is 11.3 Å². The lowest BCUT2D eigenvalue weighted by atomic mass is 10.2. The van der Waals surface area contributed by atoms with Crippen molar-refractivity contribution in [2.45, 2.75) is 13.5 Å². The average molecular weight is 386 g/mol. The molecular formula is C19H20BrN3O. The molecule has 0 unspecified atom stereocenters. The summed E-state index contributed by atoms with van der Waals surface area (Å²) in [5, 5.41) is 3.38. The zero-order valence-electron chi connectivity index (χ0n) is 13.8. The maximum Gasteiger partial charge on any atom is 0.203 e. The molecule has 0 amide bonds. The molecule has 0 aliphatic heterocycles. The Balaban J connectivity index is 1.69. The summed E-state index contributed by atoms with van der Waals surface area (Å²) in [6.07, 6.45) is 1.89. The van der Waals surface area contributed by atoms with Gasteiger partial charge in [0.15, 0.2) is 0 Å². The largest absolute Gasteiger partial charge is 0.494 e. The Morgan fingerprint density at radius 3 is 2.46 bits per heavy atom. The first-order chi connectivity index (χ1) is 11.7. The maximum atomic E-state index is 5.46. The Morgan fingerprint density at radius 1 is 1.08 bits per heavy atom. The summed E-state index contributed by atoms with van der Waals surface area (Å²) >= 11 is 3.46. The molecule has 5 heteroatoms. The molecule has 24 heavy (non-hydrogen) atoms. The van der Waals surface area contributed by atoms with E-state index in [0.29, 0.717) is 6.61 Å². The molecule has 4 nitrogen and oxygen atoms in total. The van der Waals surface area contributed by atoms with E-state index in [9.17, 15) is 0 Å². The third kappa shape index (κ3) is 3.79. The van der Waals surface area contributed by atoms with Gasteiger partial charge in [0.2, 0.25) is 5.95 Å². The third-order valence-corrected chi connectivity index (χ3v) is 4.34. The van der Waals surface area contributed by atoms with Crippen LogP contribution >= 0.6 is 15.9 Å². The van der Waals surface area contributed by atoms with Gasteiger partial charge in [0, 0.05) is 18.1 Å². The fourth-order valence-corrected chi connectivity index (χ4v) is 2.78. The highest BCUT2D eigenvalue weighted by Crippen LogP contribution is 2.24. The van der Waals surface area contributed by atoms with E-state index in [1.807, 2.05) is 44.4 Å². The van der Waals surface area contributed by atoms with Gasteiger partial charge in [-0.25, -0.2) is 4.98 Å². The average Bonchev–Trinajstić information content (AvgIpc) is 2.96. The van der Waals surface area contributed by atoms with Crippen molar-refractivity contribution in [2.75, 3.05) is 11.9 Å². The fourth-order valence-electron chi connectivity index (χ4n) is 2.51. The molecule has 0 fully saturated rings. The molecule has 1 heterocycles. The molecule has 1 aromatic heterocycles. The second-order valence-electron chi connectivity index (χ2n) is 5.46. The molecular weight excluding hydrogens is 366 g/mol. The van der Waals surface area contributed by atoms with Crippen molar-refractivity contribution < 1.29 is 4.74 Å². The first-order valence-corrected chi connectivity index (χ1v) is 8.70. The predicted octanol–water partition coefficient (Wildman–Crippen LogP) is 4.86. The summed E-state index contributed by atoms with van der Waals surface area (Å²) < 4.78 is 8.60. The normalized spacial score (nSPS) is 10.6. The number of nitrogens with zero attached hydrogens (tertiary/aromatic N) is 2. The number of rotatable bonds is 6. The van der Waals surface area contributed by atoms with Gasteiger partial charge in [-0.05, 0) is 42.3 Å². The van der Waals surface area contributed by atoms with Crippen LogP contribution in [-0.2, 0) is 13.6 Å². The molecule has 124 valence electrons.